The third-order valence-electron chi connectivity index (χ3n) is 3.00. The average molecular weight is 274 g/mol. The minimum absolute atomic E-state index is 0.352. The van der Waals surface area contributed by atoms with Gasteiger partial charge in [-0.05, 0) is 38.4 Å². The SMILES string of the molecule is CCc1ccc(S(=O)(=O)NC2(C)CCNC2)s1. The van der Waals surface area contributed by atoms with Gasteiger partial charge in [0, 0.05) is 17.0 Å². The van der Waals surface area contributed by atoms with Crippen molar-refractivity contribution in [2.75, 3.05) is 13.1 Å². The highest BCUT2D eigenvalue weighted by atomic mass is 32.2. The van der Waals surface area contributed by atoms with E-state index >= 15 is 0 Å². The van der Waals surface area contributed by atoms with E-state index < -0.39 is 10.0 Å². The van der Waals surface area contributed by atoms with E-state index in [0.29, 0.717) is 10.8 Å². The van der Waals surface area contributed by atoms with Gasteiger partial charge in [-0.2, -0.15) is 0 Å². The average Bonchev–Trinajstić information content (AvgIpc) is 2.85. The summed E-state index contributed by atoms with van der Waals surface area (Å²) in [5.74, 6) is 0. The van der Waals surface area contributed by atoms with Crippen LogP contribution in [0.5, 0.6) is 0 Å². The van der Waals surface area contributed by atoms with Gasteiger partial charge in [0.05, 0.1) is 0 Å². The molecule has 1 aliphatic rings. The lowest BCUT2D eigenvalue weighted by molar-refractivity contribution is 0.452. The summed E-state index contributed by atoms with van der Waals surface area (Å²) in [4.78, 5) is 1.10. The summed E-state index contributed by atoms with van der Waals surface area (Å²) in [5, 5.41) is 3.18. The Morgan fingerprint density at radius 3 is 2.82 bits per heavy atom. The van der Waals surface area contributed by atoms with Gasteiger partial charge in [-0.1, -0.05) is 6.92 Å². The summed E-state index contributed by atoms with van der Waals surface area (Å²) in [6.07, 6.45) is 1.71. The molecule has 2 heterocycles. The van der Waals surface area contributed by atoms with Crippen molar-refractivity contribution in [3.05, 3.63) is 17.0 Å². The lowest BCUT2D eigenvalue weighted by Gasteiger charge is -2.23. The minimum atomic E-state index is -3.36. The van der Waals surface area contributed by atoms with Crippen molar-refractivity contribution in [1.29, 1.82) is 0 Å². The normalized spacial score (nSPS) is 25.3. The molecule has 6 heteroatoms. The summed E-state index contributed by atoms with van der Waals surface area (Å²) in [7, 11) is -3.36. The van der Waals surface area contributed by atoms with Crippen LogP contribution in [-0.4, -0.2) is 27.0 Å². The second-order valence-corrected chi connectivity index (χ2v) is 7.74. The van der Waals surface area contributed by atoms with E-state index in [-0.39, 0.29) is 5.54 Å². The third kappa shape index (κ3) is 2.88. The summed E-state index contributed by atoms with van der Waals surface area (Å²) >= 11 is 1.35. The molecule has 1 aromatic rings. The molecule has 1 saturated heterocycles. The topological polar surface area (TPSA) is 58.2 Å². The third-order valence-corrected chi connectivity index (χ3v) is 6.36. The Morgan fingerprint density at radius 2 is 2.29 bits per heavy atom. The van der Waals surface area contributed by atoms with E-state index in [4.69, 9.17) is 0 Å². The molecule has 1 fully saturated rings. The van der Waals surface area contributed by atoms with Crippen molar-refractivity contribution in [2.24, 2.45) is 0 Å². The monoisotopic (exact) mass is 274 g/mol. The van der Waals surface area contributed by atoms with Crippen LogP contribution < -0.4 is 10.0 Å². The lowest BCUT2D eigenvalue weighted by Crippen LogP contribution is -2.47. The van der Waals surface area contributed by atoms with Crippen molar-refractivity contribution < 1.29 is 8.42 Å². The number of hydrogen-bond donors (Lipinski definition) is 2. The highest BCUT2D eigenvalue weighted by molar-refractivity contribution is 7.91. The largest absolute Gasteiger partial charge is 0.315 e. The Morgan fingerprint density at radius 1 is 1.53 bits per heavy atom. The summed E-state index contributed by atoms with van der Waals surface area (Å²) < 4.78 is 27.6. The molecule has 17 heavy (non-hydrogen) atoms. The summed E-state index contributed by atoms with van der Waals surface area (Å²) in [6.45, 7) is 5.53. The van der Waals surface area contributed by atoms with Gasteiger partial charge in [0.25, 0.3) is 10.0 Å². The van der Waals surface area contributed by atoms with Crippen LogP contribution in [0.3, 0.4) is 0 Å². The number of aryl methyl sites for hydroxylation is 1. The fourth-order valence-electron chi connectivity index (χ4n) is 1.97. The number of rotatable bonds is 4. The van der Waals surface area contributed by atoms with Gasteiger partial charge in [-0.3, -0.25) is 0 Å². The van der Waals surface area contributed by atoms with Crippen molar-refractivity contribution in [2.45, 2.75) is 36.4 Å². The second kappa shape index (κ2) is 4.68. The summed E-state index contributed by atoms with van der Waals surface area (Å²) in [6, 6.07) is 3.58. The van der Waals surface area contributed by atoms with E-state index in [9.17, 15) is 8.42 Å². The first-order valence-electron chi connectivity index (χ1n) is 5.79. The minimum Gasteiger partial charge on any atom is -0.315 e. The van der Waals surface area contributed by atoms with E-state index in [1.165, 1.54) is 11.3 Å². The van der Waals surface area contributed by atoms with Crippen LogP contribution in [0.15, 0.2) is 16.3 Å². The molecule has 0 aliphatic carbocycles. The van der Waals surface area contributed by atoms with Gasteiger partial charge in [-0.15, -0.1) is 11.3 Å². The van der Waals surface area contributed by atoms with Gasteiger partial charge < -0.3 is 5.32 Å². The van der Waals surface area contributed by atoms with Crippen LogP contribution in [0.4, 0.5) is 0 Å². The van der Waals surface area contributed by atoms with Crippen LogP contribution in [0, 0.1) is 0 Å². The first kappa shape index (κ1) is 13.0. The van der Waals surface area contributed by atoms with Crippen molar-refractivity contribution >= 4 is 21.4 Å². The quantitative estimate of drug-likeness (QED) is 0.871. The molecule has 0 spiro atoms. The molecular formula is C11H18N2O2S2. The molecule has 0 saturated carbocycles. The molecular weight excluding hydrogens is 256 g/mol. The number of thiophene rings is 1. The number of nitrogens with one attached hydrogen (secondary N) is 2. The van der Waals surface area contributed by atoms with Crippen molar-refractivity contribution in [3.63, 3.8) is 0 Å². The maximum absolute atomic E-state index is 12.2. The molecule has 0 amide bonds. The van der Waals surface area contributed by atoms with Gasteiger partial charge in [0.2, 0.25) is 0 Å². The molecule has 0 aromatic carbocycles. The first-order chi connectivity index (χ1) is 7.95. The van der Waals surface area contributed by atoms with Gasteiger partial charge in [0.15, 0.2) is 0 Å². The van der Waals surface area contributed by atoms with Crippen LogP contribution in [0.2, 0.25) is 0 Å². The van der Waals surface area contributed by atoms with E-state index in [1.54, 1.807) is 6.07 Å². The number of sulfonamides is 1. The van der Waals surface area contributed by atoms with E-state index in [2.05, 4.69) is 10.0 Å². The molecule has 2 rings (SSSR count). The number of hydrogen-bond acceptors (Lipinski definition) is 4. The molecule has 1 atom stereocenters. The predicted octanol–water partition coefficient (Wildman–Crippen LogP) is 1.34. The van der Waals surface area contributed by atoms with Gasteiger partial charge in [-0.25, -0.2) is 13.1 Å². The molecule has 2 N–H and O–H groups in total. The smallest absolute Gasteiger partial charge is 0.250 e. The summed E-state index contributed by atoms with van der Waals surface area (Å²) in [5.41, 5.74) is -0.352. The molecule has 1 aliphatic heterocycles. The van der Waals surface area contributed by atoms with Crippen molar-refractivity contribution in [1.82, 2.24) is 10.0 Å². The molecule has 96 valence electrons. The van der Waals surface area contributed by atoms with Crippen LogP contribution >= 0.6 is 11.3 Å². The van der Waals surface area contributed by atoms with Gasteiger partial charge in [0.1, 0.15) is 4.21 Å². The molecule has 1 unspecified atom stereocenters. The Kier molecular flexibility index (Phi) is 3.58. The molecule has 1 aromatic heterocycles. The highest BCUT2D eigenvalue weighted by Gasteiger charge is 2.33. The van der Waals surface area contributed by atoms with E-state index in [1.807, 2.05) is 19.9 Å². The van der Waals surface area contributed by atoms with Crippen LogP contribution in [0.1, 0.15) is 25.1 Å². The standard InChI is InChI=1S/C11H18N2O2S2/c1-3-9-4-5-10(16-9)17(14,15)13-11(2)6-7-12-8-11/h4-5,12-13H,3,6-8H2,1-2H3. The van der Waals surface area contributed by atoms with Crippen LogP contribution in [-0.2, 0) is 16.4 Å². The molecule has 0 radical (unpaired) electrons. The predicted molar refractivity (Wildman–Crippen MR) is 69.9 cm³/mol. The first-order valence-corrected chi connectivity index (χ1v) is 8.09. The van der Waals surface area contributed by atoms with Crippen LogP contribution in [0.25, 0.3) is 0 Å². The zero-order chi connectivity index (χ0) is 12.5. The molecule has 0 bridgehead atoms. The Balaban J connectivity index is 2.18. The Hall–Kier alpha value is -0.430. The fraction of sp³-hybridized carbons (Fsp3) is 0.636. The molecule has 4 nitrogen and oxygen atoms in total. The maximum Gasteiger partial charge on any atom is 0.250 e. The Bertz CT molecular complexity index is 487. The Labute approximate surface area is 106 Å². The maximum atomic E-state index is 12.2. The lowest BCUT2D eigenvalue weighted by atomic mass is 10.0. The fourth-order valence-corrected chi connectivity index (χ4v) is 4.70. The highest BCUT2D eigenvalue weighted by Crippen LogP contribution is 2.24. The zero-order valence-corrected chi connectivity index (χ0v) is 11.7. The second-order valence-electron chi connectivity index (χ2n) is 4.67. The zero-order valence-electron chi connectivity index (χ0n) is 10.1. The van der Waals surface area contributed by atoms with Crippen molar-refractivity contribution in [3.8, 4) is 0 Å². The van der Waals surface area contributed by atoms with E-state index in [0.717, 1.165) is 24.3 Å². The van der Waals surface area contributed by atoms with Gasteiger partial charge >= 0.3 is 0 Å².